The van der Waals surface area contributed by atoms with Gasteiger partial charge in [-0.1, -0.05) is 22.9 Å². The fourth-order valence-electron chi connectivity index (χ4n) is 3.11. The van der Waals surface area contributed by atoms with Crippen molar-refractivity contribution in [1.82, 2.24) is 9.55 Å². The van der Waals surface area contributed by atoms with E-state index in [-0.39, 0.29) is 12.3 Å². The maximum absolute atomic E-state index is 12.2. The third kappa shape index (κ3) is 2.21. The van der Waals surface area contributed by atoms with Crippen LogP contribution in [0, 0.1) is 0 Å². The molecule has 7 heteroatoms. The summed E-state index contributed by atoms with van der Waals surface area (Å²) in [6.45, 7) is 2.00. The van der Waals surface area contributed by atoms with Crippen molar-refractivity contribution in [2.24, 2.45) is 0 Å². The third-order valence-corrected chi connectivity index (χ3v) is 4.40. The van der Waals surface area contributed by atoms with Gasteiger partial charge in [0.25, 0.3) is 0 Å². The smallest absolute Gasteiger partial charge is 0.317 e. The number of carboxylic acids is 1. The minimum atomic E-state index is -0.979. The summed E-state index contributed by atoms with van der Waals surface area (Å²) in [4.78, 5) is 37.6. The van der Waals surface area contributed by atoms with Crippen molar-refractivity contribution in [3.63, 3.8) is 0 Å². The van der Waals surface area contributed by atoms with Crippen molar-refractivity contribution in [3.8, 4) is 0 Å². The lowest BCUT2D eigenvalue weighted by Crippen LogP contribution is -2.41. The van der Waals surface area contributed by atoms with Gasteiger partial charge < -0.3 is 10.1 Å². The maximum Gasteiger partial charge on any atom is 0.317 e. The number of aliphatic carboxylic acids is 1. The number of carboxylic acid groups (broad SMARTS) is 1. The lowest BCUT2D eigenvalue weighted by molar-refractivity contribution is -0.138. The van der Waals surface area contributed by atoms with Crippen LogP contribution >= 0.6 is 15.9 Å². The molecule has 0 unspecified atom stereocenters. The van der Waals surface area contributed by atoms with Gasteiger partial charge in [0.05, 0.1) is 17.5 Å². The Morgan fingerprint density at radius 3 is 2.86 bits per heavy atom. The number of rotatable bonds is 2. The Hall–Kier alpha value is -1.89. The highest BCUT2D eigenvalue weighted by Crippen LogP contribution is 2.38. The molecule has 0 saturated carbocycles. The van der Waals surface area contributed by atoms with Gasteiger partial charge in [-0.05, 0) is 30.0 Å². The molecule has 21 heavy (non-hydrogen) atoms. The topological polar surface area (TPSA) is 92.2 Å². The summed E-state index contributed by atoms with van der Waals surface area (Å²) in [5.74, 6) is -0.868. The predicted octanol–water partition coefficient (Wildman–Crippen LogP) is 1.98. The molecule has 2 N–H and O–H groups in total. The molecular formula is C14H13BrN2O4. The summed E-state index contributed by atoms with van der Waals surface area (Å²) in [7, 11) is 0. The molecule has 0 radical (unpaired) electrons. The Kier molecular flexibility index (Phi) is 3.24. The molecule has 0 amide bonds. The van der Waals surface area contributed by atoms with Crippen molar-refractivity contribution < 1.29 is 9.90 Å². The van der Waals surface area contributed by atoms with Crippen LogP contribution in [0.3, 0.4) is 0 Å². The minimum Gasteiger partial charge on any atom is -0.481 e. The zero-order chi connectivity index (χ0) is 15.3. The molecule has 0 fully saturated rings. The van der Waals surface area contributed by atoms with Gasteiger partial charge in [0.1, 0.15) is 0 Å². The lowest BCUT2D eigenvalue weighted by Gasteiger charge is -2.30. The summed E-state index contributed by atoms with van der Waals surface area (Å²) < 4.78 is 2.17. The van der Waals surface area contributed by atoms with Crippen molar-refractivity contribution in [1.29, 1.82) is 0 Å². The molecule has 0 spiro atoms. The standard InChI is InChI=1S/C14H13BrN2O4/c1-6-2-8(5-11(18)19)17-12-9(6)3-7(15)4-10(12)16-13(20)14(17)21/h3-4,6,8H,2,5H2,1H3,(H,16,20)(H,18,19)/t6-,8-/m1/s1. The first-order valence-electron chi connectivity index (χ1n) is 6.58. The first-order valence-corrected chi connectivity index (χ1v) is 7.37. The molecular weight excluding hydrogens is 340 g/mol. The summed E-state index contributed by atoms with van der Waals surface area (Å²) >= 11 is 3.40. The summed E-state index contributed by atoms with van der Waals surface area (Å²) in [5.41, 5.74) is 0.703. The highest BCUT2D eigenvalue weighted by atomic mass is 79.9. The van der Waals surface area contributed by atoms with E-state index in [0.29, 0.717) is 17.5 Å². The van der Waals surface area contributed by atoms with E-state index in [1.807, 2.05) is 13.0 Å². The number of hydrogen-bond donors (Lipinski definition) is 2. The molecule has 0 bridgehead atoms. The van der Waals surface area contributed by atoms with Crippen LogP contribution < -0.4 is 11.1 Å². The maximum atomic E-state index is 12.2. The molecule has 2 heterocycles. The Labute approximate surface area is 127 Å². The summed E-state index contributed by atoms with van der Waals surface area (Å²) in [5, 5.41) is 9.05. The van der Waals surface area contributed by atoms with Gasteiger partial charge in [-0.3, -0.25) is 19.0 Å². The van der Waals surface area contributed by atoms with E-state index < -0.39 is 23.1 Å². The number of H-pyrrole nitrogens is 1. The Balaban J connectivity index is 2.43. The lowest BCUT2D eigenvalue weighted by atomic mass is 9.87. The van der Waals surface area contributed by atoms with Gasteiger partial charge in [0.15, 0.2) is 0 Å². The molecule has 110 valence electrons. The largest absolute Gasteiger partial charge is 0.481 e. The van der Waals surface area contributed by atoms with Gasteiger partial charge in [0.2, 0.25) is 0 Å². The number of carbonyl (C=O) groups is 1. The monoisotopic (exact) mass is 352 g/mol. The number of nitrogens with one attached hydrogen (secondary N) is 1. The minimum absolute atomic E-state index is 0.111. The van der Waals surface area contributed by atoms with Gasteiger partial charge in [-0.15, -0.1) is 0 Å². The molecule has 1 aromatic carbocycles. The second-order valence-electron chi connectivity index (χ2n) is 5.41. The quantitative estimate of drug-likeness (QED) is 0.808. The van der Waals surface area contributed by atoms with Gasteiger partial charge in [-0.25, -0.2) is 0 Å². The first-order chi connectivity index (χ1) is 9.88. The zero-order valence-corrected chi connectivity index (χ0v) is 12.8. The van der Waals surface area contributed by atoms with E-state index in [1.165, 1.54) is 4.57 Å². The number of nitrogens with zero attached hydrogens (tertiary/aromatic N) is 1. The van der Waals surface area contributed by atoms with Gasteiger partial charge in [0, 0.05) is 10.5 Å². The number of halogens is 1. The fraction of sp³-hybridized carbons (Fsp3) is 0.357. The summed E-state index contributed by atoms with van der Waals surface area (Å²) in [6.07, 6.45) is 0.354. The molecule has 0 aliphatic carbocycles. The highest BCUT2D eigenvalue weighted by molar-refractivity contribution is 9.10. The van der Waals surface area contributed by atoms with Crippen LogP contribution in [-0.2, 0) is 4.79 Å². The van der Waals surface area contributed by atoms with Crippen LogP contribution in [0.4, 0.5) is 0 Å². The van der Waals surface area contributed by atoms with E-state index in [1.54, 1.807) is 6.07 Å². The molecule has 1 aliphatic rings. The zero-order valence-electron chi connectivity index (χ0n) is 11.2. The van der Waals surface area contributed by atoms with Crippen molar-refractivity contribution in [2.75, 3.05) is 0 Å². The van der Waals surface area contributed by atoms with E-state index in [9.17, 15) is 14.4 Å². The SMILES string of the molecule is C[C@@H]1C[C@H](CC(=O)O)n2c(=O)c(=O)[nH]c3cc(Br)cc1c32. The molecule has 6 nitrogen and oxygen atoms in total. The predicted molar refractivity (Wildman–Crippen MR) is 80.9 cm³/mol. The Bertz CT molecular complexity index is 868. The number of aromatic nitrogens is 2. The third-order valence-electron chi connectivity index (χ3n) is 3.94. The van der Waals surface area contributed by atoms with Crippen molar-refractivity contribution in [2.45, 2.75) is 31.7 Å². The Morgan fingerprint density at radius 1 is 1.48 bits per heavy atom. The second-order valence-corrected chi connectivity index (χ2v) is 6.32. The van der Waals surface area contributed by atoms with Crippen LogP contribution in [-0.4, -0.2) is 20.6 Å². The molecule has 1 aromatic heterocycles. The van der Waals surface area contributed by atoms with Crippen molar-refractivity contribution in [3.05, 3.63) is 42.9 Å². The van der Waals surface area contributed by atoms with E-state index in [2.05, 4.69) is 20.9 Å². The summed E-state index contributed by atoms with van der Waals surface area (Å²) in [6, 6.07) is 3.15. The molecule has 3 rings (SSSR count). The normalized spacial score (nSPS) is 20.7. The van der Waals surface area contributed by atoms with E-state index in [4.69, 9.17) is 5.11 Å². The van der Waals surface area contributed by atoms with Crippen LogP contribution in [0.5, 0.6) is 0 Å². The second kappa shape index (κ2) is 4.84. The van der Waals surface area contributed by atoms with Crippen LogP contribution in [0.25, 0.3) is 11.0 Å². The fourth-order valence-corrected chi connectivity index (χ4v) is 3.59. The van der Waals surface area contributed by atoms with E-state index in [0.717, 1.165) is 10.0 Å². The first kappa shape index (κ1) is 14.1. The van der Waals surface area contributed by atoms with Gasteiger partial charge >= 0.3 is 17.1 Å². The molecule has 0 saturated heterocycles. The van der Waals surface area contributed by atoms with Crippen LogP contribution in [0.15, 0.2) is 26.2 Å². The Morgan fingerprint density at radius 2 is 2.19 bits per heavy atom. The van der Waals surface area contributed by atoms with Crippen LogP contribution in [0.2, 0.25) is 0 Å². The van der Waals surface area contributed by atoms with E-state index >= 15 is 0 Å². The number of hydrogen-bond acceptors (Lipinski definition) is 3. The molecule has 2 atom stereocenters. The van der Waals surface area contributed by atoms with Crippen molar-refractivity contribution >= 4 is 32.9 Å². The van der Waals surface area contributed by atoms with Crippen LogP contribution in [0.1, 0.15) is 37.3 Å². The van der Waals surface area contributed by atoms with Gasteiger partial charge in [-0.2, -0.15) is 0 Å². The molecule has 2 aromatic rings. The number of aromatic amines is 1. The average molecular weight is 353 g/mol. The highest BCUT2D eigenvalue weighted by Gasteiger charge is 2.30. The molecule has 1 aliphatic heterocycles. The average Bonchev–Trinajstić information content (AvgIpc) is 2.37. The number of benzene rings is 1.